The van der Waals surface area contributed by atoms with Crippen LogP contribution in [0.3, 0.4) is 0 Å². The Balaban J connectivity index is 1.48. The molecule has 2 heterocycles. The van der Waals surface area contributed by atoms with Crippen molar-refractivity contribution in [3.8, 4) is 0 Å². The van der Waals surface area contributed by atoms with Crippen LogP contribution in [0, 0.1) is 12.7 Å². The van der Waals surface area contributed by atoms with Gasteiger partial charge in [0.25, 0.3) is 0 Å². The molecule has 4 rings (SSSR count). The molecule has 160 valence electrons. The van der Waals surface area contributed by atoms with Gasteiger partial charge < -0.3 is 9.84 Å². The van der Waals surface area contributed by atoms with Crippen LogP contribution in [0.5, 0.6) is 0 Å². The number of nitrogens with one attached hydrogen (secondary N) is 1. The number of carbonyl (C=O) groups excluding carboxylic acids is 1. The number of halogens is 1. The molecule has 3 unspecified atom stereocenters. The van der Waals surface area contributed by atoms with Crippen molar-refractivity contribution in [2.75, 3.05) is 17.3 Å². The smallest absolute Gasteiger partial charge is 0.238 e. The van der Waals surface area contributed by atoms with Crippen LogP contribution >= 0.6 is 11.8 Å². The molecule has 0 aliphatic carbocycles. The topological polar surface area (TPSA) is 71.0 Å². The fraction of sp³-hybridized carbons (Fsp3) is 0.409. The Kier molecular flexibility index (Phi) is 6.70. The average Bonchev–Trinajstić information content (AvgIpc) is 3.14. The van der Waals surface area contributed by atoms with Gasteiger partial charge in [-0.3, -0.25) is 14.5 Å². The number of nitrogens with zero attached hydrogens (tertiary/aromatic N) is 1. The Morgan fingerprint density at radius 1 is 1.27 bits per heavy atom. The quantitative estimate of drug-likeness (QED) is 0.532. The molecule has 0 spiro atoms. The number of amides is 1. The number of hydroxylamine groups is 1. The van der Waals surface area contributed by atoms with Gasteiger partial charge in [0.2, 0.25) is 5.91 Å². The first-order valence-electron chi connectivity index (χ1n) is 10.0. The molecule has 2 saturated heterocycles. The lowest BCUT2D eigenvalue weighted by Crippen LogP contribution is -2.32. The van der Waals surface area contributed by atoms with Crippen LogP contribution in [-0.4, -0.2) is 29.7 Å². The first-order chi connectivity index (χ1) is 14.5. The predicted molar refractivity (Wildman–Crippen MR) is 113 cm³/mol. The van der Waals surface area contributed by atoms with Gasteiger partial charge in [0.15, 0.2) is 12.5 Å². The fourth-order valence-corrected chi connectivity index (χ4v) is 4.86. The molecule has 0 radical (unpaired) electrons. The minimum absolute atomic E-state index is 0.00151. The van der Waals surface area contributed by atoms with Crippen LogP contribution in [0.1, 0.15) is 47.6 Å². The van der Waals surface area contributed by atoms with Crippen LogP contribution in [-0.2, 0) is 14.4 Å². The number of rotatable bonds is 6. The number of aryl methyl sites for hydroxylation is 1. The van der Waals surface area contributed by atoms with Gasteiger partial charge in [-0.15, -0.1) is 11.8 Å². The van der Waals surface area contributed by atoms with Crippen molar-refractivity contribution in [3.63, 3.8) is 0 Å². The highest BCUT2D eigenvalue weighted by Crippen LogP contribution is 2.43. The highest BCUT2D eigenvalue weighted by Gasteiger charge is 2.35. The summed E-state index contributed by atoms with van der Waals surface area (Å²) in [6.07, 6.45) is 1.48. The molecule has 0 aromatic heterocycles. The van der Waals surface area contributed by atoms with E-state index in [1.807, 2.05) is 19.1 Å². The summed E-state index contributed by atoms with van der Waals surface area (Å²) < 4.78 is 18.8. The van der Waals surface area contributed by atoms with E-state index in [2.05, 4.69) is 5.48 Å². The van der Waals surface area contributed by atoms with Crippen molar-refractivity contribution in [1.29, 1.82) is 0 Å². The Morgan fingerprint density at radius 3 is 2.77 bits per heavy atom. The summed E-state index contributed by atoms with van der Waals surface area (Å²) in [6, 6.07) is 11.7. The maximum absolute atomic E-state index is 13.3. The van der Waals surface area contributed by atoms with Crippen LogP contribution in [0.25, 0.3) is 0 Å². The summed E-state index contributed by atoms with van der Waals surface area (Å²) >= 11 is 1.51. The molecule has 0 bridgehead atoms. The van der Waals surface area contributed by atoms with E-state index < -0.39 is 6.23 Å². The molecule has 2 N–H and O–H groups in total. The first kappa shape index (κ1) is 21.3. The van der Waals surface area contributed by atoms with E-state index in [0.29, 0.717) is 17.9 Å². The summed E-state index contributed by atoms with van der Waals surface area (Å²) in [4.78, 5) is 19.8. The van der Waals surface area contributed by atoms with Gasteiger partial charge in [0.05, 0.1) is 5.75 Å². The average molecular weight is 433 g/mol. The van der Waals surface area contributed by atoms with Gasteiger partial charge >= 0.3 is 0 Å². The molecule has 3 atom stereocenters. The molecule has 2 aliphatic rings. The Labute approximate surface area is 179 Å². The van der Waals surface area contributed by atoms with Crippen molar-refractivity contribution in [2.45, 2.75) is 44.1 Å². The van der Waals surface area contributed by atoms with E-state index in [-0.39, 0.29) is 23.4 Å². The number of benzene rings is 2. The number of aliphatic hydroxyl groups is 1. The van der Waals surface area contributed by atoms with Gasteiger partial charge in [0, 0.05) is 18.7 Å². The Bertz CT molecular complexity index is 889. The molecule has 2 aromatic carbocycles. The standard InChI is InChI=1S/C22H25FN2O4S/c1-14-12-16(21(27)24-29-20-4-2-3-11-28-20)7-10-18(14)25-19(26)13-30-22(25)15-5-8-17(23)9-6-15/h5-10,12,20-22,24,27H,2-4,11,13H2,1H3. The third kappa shape index (κ3) is 4.68. The summed E-state index contributed by atoms with van der Waals surface area (Å²) in [5, 5.41) is 10.2. The van der Waals surface area contributed by atoms with Crippen molar-refractivity contribution in [1.82, 2.24) is 5.48 Å². The molecule has 30 heavy (non-hydrogen) atoms. The van der Waals surface area contributed by atoms with Crippen molar-refractivity contribution in [2.24, 2.45) is 0 Å². The second kappa shape index (κ2) is 9.45. The molecule has 2 aliphatic heterocycles. The monoisotopic (exact) mass is 432 g/mol. The molecule has 1 amide bonds. The number of anilines is 1. The number of hydrogen-bond donors (Lipinski definition) is 2. The van der Waals surface area contributed by atoms with E-state index in [4.69, 9.17) is 9.57 Å². The van der Waals surface area contributed by atoms with Gasteiger partial charge in [-0.25, -0.2) is 4.39 Å². The van der Waals surface area contributed by atoms with Crippen molar-refractivity contribution >= 4 is 23.4 Å². The summed E-state index contributed by atoms with van der Waals surface area (Å²) in [7, 11) is 0. The Morgan fingerprint density at radius 2 is 2.07 bits per heavy atom. The maximum Gasteiger partial charge on any atom is 0.238 e. The molecule has 0 saturated carbocycles. The normalized spacial score (nSPS) is 23.0. The summed E-state index contributed by atoms with van der Waals surface area (Å²) in [5.74, 6) is 0.0620. The third-order valence-corrected chi connectivity index (χ3v) is 6.48. The SMILES string of the molecule is Cc1cc(C(O)NOC2CCCCO2)ccc1N1C(=O)CSC1c1ccc(F)cc1. The minimum atomic E-state index is -1.01. The second-order valence-electron chi connectivity index (χ2n) is 7.46. The zero-order valence-electron chi connectivity index (χ0n) is 16.7. The van der Waals surface area contributed by atoms with Crippen LogP contribution in [0.4, 0.5) is 10.1 Å². The van der Waals surface area contributed by atoms with E-state index in [1.54, 1.807) is 23.1 Å². The predicted octanol–water partition coefficient (Wildman–Crippen LogP) is 3.95. The molecule has 2 fully saturated rings. The van der Waals surface area contributed by atoms with Gasteiger partial charge in [0.1, 0.15) is 11.2 Å². The molecule has 6 nitrogen and oxygen atoms in total. The Hall–Kier alpha value is -1.97. The highest BCUT2D eigenvalue weighted by molar-refractivity contribution is 8.00. The van der Waals surface area contributed by atoms with E-state index >= 15 is 0 Å². The molecular weight excluding hydrogens is 407 g/mol. The fourth-order valence-electron chi connectivity index (χ4n) is 3.69. The lowest BCUT2D eigenvalue weighted by Gasteiger charge is -2.27. The summed E-state index contributed by atoms with van der Waals surface area (Å²) in [6.45, 7) is 2.56. The zero-order chi connectivity index (χ0) is 21.1. The number of hydrogen-bond acceptors (Lipinski definition) is 6. The lowest BCUT2D eigenvalue weighted by molar-refractivity contribution is -0.221. The molecule has 8 heteroatoms. The minimum Gasteiger partial charge on any atom is -0.372 e. The highest BCUT2D eigenvalue weighted by atomic mass is 32.2. The zero-order valence-corrected chi connectivity index (χ0v) is 17.5. The van der Waals surface area contributed by atoms with Gasteiger partial charge in [-0.2, -0.15) is 5.48 Å². The number of aliphatic hydroxyl groups excluding tert-OH is 1. The molecular formula is C22H25FN2O4S. The van der Waals surface area contributed by atoms with Gasteiger partial charge in [-0.05, 0) is 60.7 Å². The third-order valence-electron chi connectivity index (χ3n) is 5.27. The van der Waals surface area contributed by atoms with E-state index in [9.17, 15) is 14.3 Å². The van der Waals surface area contributed by atoms with Crippen LogP contribution < -0.4 is 10.4 Å². The van der Waals surface area contributed by atoms with Crippen LogP contribution in [0.15, 0.2) is 42.5 Å². The second-order valence-corrected chi connectivity index (χ2v) is 8.53. The van der Waals surface area contributed by atoms with Crippen LogP contribution in [0.2, 0.25) is 0 Å². The van der Waals surface area contributed by atoms with Crippen molar-refractivity contribution < 1.29 is 23.9 Å². The molecule has 2 aromatic rings. The van der Waals surface area contributed by atoms with E-state index in [1.165, 1.54) is 23.9 Å². The van der Waals surface area contributed by atoms with Gasteiger partial charge in [-0.1, -0.05) is 18.2 Å². The maximum atomic E-state index is 13.3. The first-order valence-corrected chi connectivity index (χ1v) is 11.1. The van der Waals surface area contributed by atoms with Crippen molar-refractivity contribution in [3.05, 3.63) is 65.0 Å². The number of carbonyl (C=O) groups is 1. The summed E-state index contributed by atoms with van der Waals surface area (Å²) in [5.41, 5.74) is 5.77. The lowest BCUT2D eigenvalue weighted by atomic mass is 10.1. The number of ether oxygens (including phenoxy) is 1. The number of thioether (sulfide) groups is 1. The van der Waals surface area contributed by atoms with E-state index in [0.717, 1.165) is 36.1 Å². The largest absolute Gasteiger partial charge is 0.372 e.